The first kappa shape index (κ1) is 12.9. The van der Waals surface area contributed by atoms with E-state index in [1.165, 1.54) is 0 Å². The molecule has 0 amide bonds. The number of rotatable bonds is 3. The van der Waals surface area contributed by atoms with Gasteiger partial charge < -0.3 is 14.7 Å². The van der Waals surface area contributed by atoms with E-state index in [2.05, 4.69) is 15.6 Å². The number of aromatic nitrogens is 2. The zero-order valence-corrected chi connectivity index (χ0v) is 12.1. The highest BCUT2D eigenvalue weighted by Gasteiger charge is 2.17. The van der Waals surface area contributed by atoms with Gasteiger partial charge in [0.05, 0.1) is 11.0 Å². The summed E-state index contributed by atoms with van der Waals surface area (Å²) in [5.74, 6) is 2.80. The van der Waals surface area contributed by atoms with Crippen molar-refractivity contribution in [1.82, 2.24) is 9.55 Å². The number of hydrogen-bond donors (Lipinski definition) is 1. The number of para-hydroxylation sites is 2. The van der Waals surface area contributed by atoms with E-state index in [9.17, 15) is 0 Å². The third kappa shape index (κ3) is 2.12. The molecule has 3 rings (SSSR count). The fourth-order valence-corrected chi connectivity index (χ4v) is 2.70. The van der Waals surface area contributed by atoms with Crippen LogP contribution >= 0.6 is 0 Å². The molecule has 0 aliphatic heterocycles. The van der Waals surface area contributed by atoms with E-state index in [1.807, 2.05) is 45.2 Å². The maximum absolute atomic E-state index is 6.32. The van der Waals surface area contributed by atoms with Crippen LogP contribution in [0.4, 0.5) is 0 Å². The number of furan rings is 1. The molecule has 1 aromatic carbocycles. The Hall–Kier alpha value is -2.07. The van der Waals surface area contributed by atoms with Gasteiger partial charge in [0.1, 0.15) is 17.3 Å². The highest BCUT2D eigenvalue weighted by Crippen LogP contribution is 2.24. The molecule has 2 aromatic heterocycles. The van der Waals surface area contributed by atoms with Gasteiger partial charge in [-0.1, -0.05) is 12.1 Å². The minimum atomic E-state index is -0.0945. The van der Waals surface area contributed by atoms with Crippen LogP contribution in [0.25, 0.3) is 11.0 Å². The molecule has 0 saturated heterocycles. The van der Waals surface area contributed by atoms with Crippen LogP contribution in [-0.4, -0.2) is 9.55 Å². The number of hydrogen-bond acceptors (Lipinski definition) is 3. The lowest BCUT2D eigenvalue weighted by atomic mass is 10.1. The van der Waals surface area contributed by atoms with Crippen molar-refractivity contribution in [2.24, 2.45) is 12.8 Å². The van der Waals surface area contributed by atoms with E-state index >= 15 is 0 Å². The predicted molar refractivity (Wildman–Crippen MR) is 79.5 cm³/mol. The maximum atomic E-state index is 6.32. The standard InChI is InChI=1S/C16H19N3O/c1-10-8-12(11(2)20-10)13(17)9-16-18-14-6-4-5-7-15(14)19(16)3/h4-8,13H,9,17H2,1-3H3. The van der Waals surface area contributed by atoms with Crippen LogP contribution in [0.2, 0.25) is 0 Å². The fourth-order valence-electron chi connectivity index (χ4n) is 2.70. The van der Waals surface area contributed by atoms with Crippen LogP contribution in [0.1, 0.15) is 29.0 Å². The molecule has 3 aromatic rings. The van der Waals surface area contributed by atoms with Gasteiger partial charge >= 0.3 is 0 Å². The molecular weight excluding hydrogens is 250 g/mol. The molecule has 104 valence electrons. The van der Waals surface area contributed by atoms with E-state index in [-0.39, 0.29) is 6.04 Å². The second kappa shape index (κ2) is 4.80. The van der Waals surface area contributed by atoms with Crippen LogP contribution in [0.5, 0.6) is 0 Å². The fraction of sp³-hybridized carbons (Fsp3) is 0.312. The third-order valence-electron chi connectivity index (χ3n) is 3.76. The first-order valence-corrected chi connectivity index (χ1v) is 6.79. The predicted octanol–water partition coefficient (Wildman–Crippen LogP) is 3.03. The minimum absolute atomic E-state index is 0.0945. The van der Waals surface area contributed by atoms with Crippen LogP contribution in [0.15, 0.2) is 34.7 Å². The van der Waals surface area contributed by atoms with Crippen molar-refractivity contribution in [3.8, 4) is 0 Å². The third-order valence-corrected chi connectivity index (χ3v) is 3.76. The Morgan fingerprint density at radius 3 is 2.70 bits per heavy atom. The van der Waals surface area contributed by atoms with E-state index in [0.29, 0.717) is 6.42 Å². The van der Waals surface area contributed by atoms with Crippen molar-refractivity contribution in [3.63, 3.8) is 0 Å². The number of imidazole rings is 1. The Morgan fingerprint density at radius 2 is 2.05 bits per heavy atom. The van der Waals surface area contributed by atoms with Gasteiger partial charge in [-0.25, -0.2) is 4.98 Å². The van der Waals surface area contributed by atoms with Crippen molar-refractivity contribution in [1.29, 1.82) is 0 Å². The Kier molecular flexibility index (Phi) is 3.10. The lowest BCUT2D eigenvalue weighted by molar-refractivity contribution is 0.496. The van der Waals surface area contributed by atoms with E-state index in [1.54, 1.807) is 0 Å². The highest BCUT2D eigenvalue weighted by atomic mass is 16.3. The quantitative estimate of drug-likeness (QED) is 0.795. The van der Waals surface area contributed by atoms with Crippen LogP contribution in [0, 0.1) is 13.8 Å². The van der Waals surface area contributed by atoms with Gasteiger partial charge in [0.15, 0.2) is 0 Å². The molecule has 20 heavy (non-hydrogen) atoms. The minimum Gasteiger partial charge on any atom is -0.466 e. The molecule has 0 fully saturated rings. The summed E-state index contributed by atoms with van der Waals surface area (Å²) in [4.78, 5) is 4.67. The van der Waals surface area contributed by atoms with Crippen LogP contribution < -0.4 is 5.73 Å². The van der Waals surface area contributed by atoms with Gasteiger partial charge in [-0.3, -0.25) is 0 Å². The molecule has 0 spiro atoms. The molecule has 0 aliphatic rings. The molecule has 1 atom stereocenters. The monoisotopic (exact) mass is 269 g/mol. The molecule has 0 bridgehead atoms. The molecule has 1 unspecified atom stereocenters. The summed E-state index contributed by atoms with van der Waals surface area (Å²) in [5.41, 5.74) is 9.53. The molecule has 2 heterocycles. The van der Waals surface area contributed by atoms with Crippen molar-refractivity contribution in [2.45, 2.75) is 26.3 Å². The summed E-state index contributed by atoms with van der Waals surface area (Å²) in [6.07, 6.45) is 0.699. The topological polar surface area (TPSA) is 57.0 Å². The largest absolute Gasteiger partial charge is 0.466 e. The Labute approximate surface area is 118 Å². The number of fused-ring (bicyclic) bond motifs is 1. The summed E-state index contributed by atoms with van der Waals surface area (Å²) in [7, 11) is 2.03. The molecule has 2 N–H and O–H groups in total. The number of nitrogens with zero attached hydrogens (tertiary/aromatic N) is 2. The van der Waals surface area contributed by atoms with E-state index in [0.717, 1.165) is 33.9 Å². The SMILES string of the molecule is Cc1cc(C(N)Cc2nc3ccccc3n2C)c(C)o1. The van der Waals surface area contributed by atoms with Crippen molar-refractivity contribution < 1.29 is 4.42 Å². The molecule has 4 nitrogen and oxygen atoms in total. The van der Waals surface area contributed by atoms with Crippen LogP contribution in [-0.2, 0) is 13.5 Å². The normalized spacial score (nSPS) is 13.0. The smallest absolute Gasteiger partial charge is 0.111 e. The van der Waals surface area contributed by atoms with Crippen LogP contribution in [0.3, 0.4) is 0 Å². The summed E-state index contributed by atoms with van der Waals surface area (Å²) in [6.45, 7) is 3.90. The zero-order valence-electron chi connectivity index (χ0n) is 12.1. The second-order valence-corrected chi connectivity index (χ2v) is 5.25. The number of aryl methyl sites for hydroxylation is 3. The lowest BCUT2D eigenvalue weighted by Gasteiger charge is -2.10. The van der Waals surface area contributed by atoms with Crippen molar-refractivity contribution in [2.75, 3.05) is 0 Å². The highest BCUT2D eigenvalue weighted by molar-refractivity contribution is 5.75. The Morgan fingerprint density at radius 1 is 1.30 bits per heavy atom. The first-order valence-electron chi connectivity index (χ1n) is 6.79. The Bertz CT molecular complexity index is 754. The van der Waals surface area contributed by atoms with Crippen molar-refractivity contribution in [3.05, 3.63) is 53.2 Å². The summed E-state index contributed by atoms with van der Waals surface area (Å²) in [5, 5.41) is 0. The van der Waals surface area contributed by atoms with Gasteiger partial charge in [-0.15, -0.1) is 0 Å². The average molecular weight is 269 g/mol. The lowest BCUT2D eigenvalue weighted by Crippen LogP contribution is -2.16. The molecular formula is C16H19N3O. The summed E-state index contributed by atoms with van der Waals surface area (Å²) in [6, 6.07) is 10.0. The van der Waals surface area contributed by atoms with Crippen molar-refractivity contribution >= 4 is 11.0 Å². The first-order chi connectivity index (χ1) is 9.56. The summed E-state index contributed by atoms with van der Waals surface area (Å²) >= 11 is 0. The number of benzene rings is 1. The Balaban J connectivity index is 1.93. The van der Waals surface area contributed by atoms with E-state index < -0.39 is 0 Å². The van der Waals surface area contributed by atoms with Gasteiger partial charge in [-0.05, 0) is 32.0 Å². The van der Waals surface area contributed by atoms with Gasteiger partial charge in [0.25, 0.3) is 0 Å². The zero-order chi connectivity index (χ0) is 14.3. The second-order valence-electron chi connectivity index (χ2n) is 5.25. The average Bonchev–Trinajstić information content (AvgIpc) is 2.91. The summed E-state index contributed by atoms with van der Waals surface area (Å²) < 4.78 is 7.66. The number of nitrogens with two attached hydrogens (primary N) is 1. The molecule has 4 heteroatoms. The molecule has 0 aliphatic carbocycles. The van der Waals surface area contributed by atoms with Gasteiger partial charge in [-0.2, -0.15) is 0 Å². The molecule has 0 radical (unpaired) electrons. The maximum Gasteiger partial charge on any atom is 0.111 e. The van der Waals surface area contributed by atoms with Gasteiger partial charge in [0.2, 0.25) is 0 Å². The van der Waals surface area contributed by atoms with E-state index in [4.69, 9.17) is 10.2 Å². The van der Waals surface area contributed by atoms with Gasteiger partial charge in [0, 0.05) is 25.1 Å². The molecule has 0 saturated carbocycles.